The molecule has 0 aliphatic carbocycles. The van der Waals surface area contributed by atoms with Crippen molar-refractivity contribution in [2.75, 3.05) is 31.1 Å². The molecule has 1 radical (unpaired) electrons. The maximum Gasteiger partial charge on any atom is 0.189 e. The summed E-state index contributed by atoms with van der Waals surface area (Å²) >= 11 is 0. The second-order valence-electron chi connectivity index (χ2n) is 5.59. The van der Waals surface area contributed by atoms with Crippen LogP contribution in [0.4, 0.5) is 5.69 Å². The SMILES string of the molecule is [O]c1ccc(N2CCN(Cc3ccccc3)CC2)cc1C=O. The molecule has 4 heteroatoms. The predicted molar refractivity (Wildman–Crippen MR) is 85.9 cm³/mol. The minimum atomic E-state index is -0.207. The molecule has 0 saturated carbocycles. The lowest BCUT2D eigenvalue weighted by Gasteiger charge is -2.36. The zero-order chi connectivity index (χ0) is 15.4. The second-order valence-corrected chi connectivity index (χ2v) is 5.59. The van der Waals surface area contributed by atoms with Crippen LogP contribution in [-0.4, -0.2) is 37.4 Å². The Balaban J connectivity index is 1.61. The molecule has 0 atom stereocenters. The van der Waals surface area contributed by atoms with Crippen molar-refractivity contribution < 1.29 is 9.90 Å². The number of aldehydes is 1. The standard InChI is InChI=1S/C18H19N2O2/c21-14-16-12-17(6-7-18(16)22)20-10-8-19(9-11-20)13-15-4-2-1-3-5-15/h1-7,12,14H,8-11,13H2. The van der Waals surface area contributed by atoms with Crippen LogP contribution in [0, 0.1) is 0 Å². The molecule has 2 aromatic rings. The van der Waals surface area contributed by atoms with E-state index in [9.17, 15) is 9.90 Å². The summed E-state index contributed by atoms with van der Waals surface area (Å²) in [5.41, 5.74) is 2.53. The summed E-state index contributed by atoms with van der Waals surface area (Å²) in [6.07, 6.45) is 0.636. The van der Waals surface area contributed by atoms with Gasteiger partial charge in [-0.2, -0.15) is 0 Å². The van der Waals surface area contributed by atoms with Gasteiger partial charge in [0.1, 0.15) is 0 Å². The summed E-state index contributed by atoms with van der Waals surface area (Å²) in [6.45, 7) is 4.73. The first-order valence-electron chi connectivity index (χ1n) is 7.54. The second kappa shape index (κ2) is 6.62. The molecule has 0 bridgehead atoms. The molecule has 22 heavy (non-hydrogen) atoms. The molecule has 0 unspecified atom stereocenters. The van der Waals surface area contributed by atoms with Crippen LogP contribution >= 0.6 is 0 Å². The van der Waals surface area contributed by atoms with Gasteiger partial charge in [-0.1, -0.05) is 30.3 Å². The average molecular weight is 295 g/mol. The highest BCUT2D eigenvalue weighted by atomic mass is 16.3. The minimum Gasteiger partial charge on any atom is -0.369 e. The van der Waals surface area contributed by atoms with Crippen molar-refractivity contribution >= 4 is 12.0 Å². The Kier molecular flexibility index (Phi) is 4.39. The molecule has 1 fully saturated rings. The van der Waals surface area contributed by atoms with E-state index in [0.29, 0.717) is 6.29 Å². The average Bonchev–Trinajstić information content (AvgIpc) is 2.57. The van der Waals surface area contributed by atoms with Crippen molar-refractivity contribution in [2.24, 2.45) is 0 Å². The molecule has 1 heterocycles. The Bertz CT molecular complexity index is 635. The van der Waals surface area contributed by atoms with Crippen molar-refractivity contribution in [3.05, 3.63) is 59.7 Å². The Labute approximate surface area is 130 Å². The molecule has 1 saturated heterocycles. The van der Waals surface area contributed by atoms with Gasteiger partial charge < -0.3 is 4.90 Å². The van der Waals surface area contributed by atoms with E-state index in [4.69, 9.17) is 0 Å². The van der Waals surface area contributed by atoms with Crippen LogP contribution < -0.4 is 4.90 Å². The molecular weight excluding hydrogens is 276 g/mol. The van der Waals surface area contributed by atoms with Crippen LogP contribution in [0.15, 0.2) is 48.5 Å². The van der Waals surface area contributed by atoms with Crippen molar-refractivity contribution in [3.8, 4) is 5.75 Å². The number of anilines is 1. The molecule has 2 aromatic carbocycles. The van der Waals surface area contributed by atoms with Gasteiger partial charge in [-0.3, -0.25) is 14.8 Å². The largest absolute Gasteiger partial charge is 0.369 e. The van der Waals surface area contributed by atoms with E-state index in [2.05, 4.69) is 34.1 Å². The van der Waals surface area contributed by atoms with E-state index in [-0.39, 0.29) is 11.3 Å². The van der Waals surface area contributed by atoms with E-state index < -0.39 is 0 Å². The summed E-state index contributed by atoms with van der Waals surface area (Å²) in [5, 5.41) is 11.5. The highest BCUT2D eigenvalue weighted by Gasteiger charge is 2.18. The summed E-state index contributed by atoms with van der Waals surface area (Å²) in [6, 6.07) is 15.4. The van der Waals surface area contributed by atoms with Crippen LogP contribution in [0.3, 0.4) is 0 Å². The van der Waals surface area contributed by atoms with E-state index in [0.717, 1.165) is 38.4 Å². The molecule has 1 aliphatic rings. The number of benzene rings is 2. The lowest BCUT2D eigenvalue weighted by molar-refractivity contribution is 0.111. The predicted octanol–water partition coefficient (Wildman–Crippen LogP) is 2.97. The number of carbonyl (C=O) groups is 1. The topological polar surface area (TPSA) is 43.5 Å². The van der Waals surface area contributed by atoms with E-state index in [1.807, 2.05) is 12.1 Å². The van der Waals surface area contributed by atoms with Gasteiger partial charge in [-0.25, -0.2) is 0 Å². The monoisotopic (exact) mass is 295 g/mol. The quantitative estimate of drug-likeness (QED) is 0.815. The Morgan fingerprint density at radius 3 is 2.36 bits per heavy atom. The first-order valence-corrected chi connectivity index (χ1v) is 7.54. The summed E-state index contributed by atoms with van der Waals surface area (Å²) in [7, 11) is 0. The molecule has 1 aliphatic heterocycles. The zero-order valence-corrected chi connectivity index (χ0v) is 12.4. The Hall–Kier alpha value is -2.33. The maximum absolute atomic E-state index is 11.5. The smallest absolute Gasteiger partial charge is 0.189 e. The molecule has 0 aromatic heterocycles. The minimum absolute atomic E-state index is 0.207. The van der Waals surface area contributed by atoms with Crippen molar-refractivity contribution in [3.63, 3.8) is 0 Å². The number of hydrogen-bond donors (Lipinski definition) is 0. The normalized spacial score (nSPS) is 15.7. The lowest BCUT2D eigenvalue weighted by Crippen LogP contribution is -2.46. The molecule has 0 spiro atoms. The van der Waals surface area contributed by atoms with Crippen molar-refractivity contribution in [1.82, 2.24) is 4.90 Å². The van der Waals surface area contributed by atoms with Gasteiger partial charge in [0.2, 0.25) is 0 Å². The number of nitrogens with zero attached hydrogens (tertiary/aromatic N) is 2. The van der Waals surface area contributed by atoms with Gasteiger partial charge in [0.05, 0.1) is 5.56 Å². The molecule has 0 amide bonds. The lowest BCUT2D eigenvalue weighted by atomic mass is 10.1. The highest BCUT2D eigenvalue weighted by molar-refractivity contribution is 5.81. The third-order valence-electron chi connectivity index (χ3n) is 4.11. The number of hydrogen-bond acceptors (Lipinski definition) is 3. The van der Waals surface area contributed by atoms with Gasteiger partial charge in [0.15, 0.2) is 12.0 Å². The van der Waals surface area contributed by atoms with E-state index in [1.165, 1.54) is 11.6 Å². The van der Waals surface area contributed by atoms with Gasteiger partial charge in [0.25, 0.3) is 0 Å². The number of rotatable bonds is 4. The third-order valence-corrected chi connectivity index (χ3v) is 4.11. The van der Waals surface area contributed by atoms with Crippen LogP contribution in [0.25, 0.3) is 0 Å². The maximum atomic E-state index is 11.5. The fourth-order valence-corrected chi connectivity index (χ4v) is 2.83. The Morgan fingerprint density at radius 1 is 0.955 bits per heavy atom. The van der Waals surface area contributed by atoms with Gasteiger partial charge in [-0.15, -0.1) is 0 Å². The van der Waals surface area contributed by atoms with E-state index in [1.54, 1.807) is 6.07 Å². The van der Waals surface area contributed by atoms with Gasteiger partial charge in [0, 0.05) is 38.4 Å². The fourth-order valence-electron chi connectivity index (χ4n) is 2.83. The van der Waals surface area contributed by atoms with Gasteiger partial charge >= 0.3 is 0 Å². The van der Waals surface area contributed by atoms with Crippen molar-refractivity contribution in [2.45, 2.75) is 6.54 Å². The molecule has 4 nitrogen and oxygen atoms in total. The number of carbonyl (C=O) groups excluding carboxylic acids is 1. The first kappa shape index (κ1) is 14.6. The molecular formula is C18H19N2O2. The number of piperazine rings is 1. The van der Waals surface area contributed by atoms with Crippen molar-refractivity contribution in [1.29, 1.82) is 0 Å². The van der Waals surface area contributed by atoms with Crippen LogP contribution in [0.2, 0.25) is 0 Å². The van der Waals surface area contributed by atoms with E-state index >= 15 is 0 Å². The Morgan fingerprint density at radius 2 is 1.68 bits per heavy atom. The molecule has 113 valence electrons. The van der Waals surface area contributed by atoms with Crippen LogP contribution in [0.1, 0.15) is 15.9 Å². The summed E-state index contributed by atoms with van der Waals surface area (Å²) in [5.74, 6) is -0.207. The zero-order valence-electron chi connectivity index (χ0n) is 12.4. The molecule has 3 rings (SSSR count). The fraction of sp³-hybridized carbons (Fsp3) is 0.278. The summed E-state index contributed by atoms with van der Waals surface area (Å²) in [4.78, 5) is 15.5. The molecule has 0 N–H and O–H groups in total. The van der Waals surface area contributed by atoms with Crippen LogP contribution in [-0.2, 0) is 11.7 Å². The summed E-state index contributed by atoms with van der Waals surface area (Å²) < 4.78 is 0. The third kappa shape index (κ3) is 3.28. The first-order chi connectivity index (χ1) is 10.8. The highest BCUT2D eigenvalue weighted by Crippen LogP contribution is 2.24. The van der Waals surface area contributed by atoms with Crippen LogP contribution in [0.5, 0.6) is 5.75 Å². The van der Waals surface area contributed by atoms with Gasteiger partial charge in [-0.05, 0) is 23.8 Å².